The van der Waals surface area contributed by atoms with Crippen molar-refractivity contribution >= 4 is 22.4 Å². The van der Waals surface area contributed by atoms with Crippen LogP contribution in [-0.2, 0) is 0 Å². The highest BCUT2D eigenvalue weighted by Crippen LogP contribution is 2.21. The molecule has 0 saturated heterocycles. The van der Waals surface area contributed by atoms with E-state index in [0.29, 0.717) is 10.8 Å². The molecule has 12 heavy (non-hydrogen) atoms. The van der Waals surface area contributed by atoms with Crippen molar-refractivity contribution in [1.29, 1.82) is 0 Å². The van der Waals surface area contributed by atoms with Gasteiger partial charge in [-0.15, -0.1) is 0 Å². The van der Waals surface area contributed by atoms with Crippen LogP contribution in [-0.4, -0.2) is 9.97 Å². The van der Waals surface area contributed by atoms with Gasteiger partial charge in [0.15, 0.2) is 0 Å². The molecule has 0 amide bonds. The van der Waals surface area contributed by atoms with Crippen LogP contribution in [0.1, 0.15) is 0 Å². The van der Waals surface area contributed by atoms with Crippen LogP contribution in [0.15, 0.2) is 24.7 Å². The summed E-state index contributed by atoms with van der Waals surface area (Å²) in [5, 5.41) is 1.27. The van der Waals surface area contributed by atoms with Crippen LogP contribution in [0.2, 0.25) is 5.15 Å². The SMILES string of the molecule is Fc1cnc(Cl)c2cnccc12. The third kappa shape index (κ3) is 1.02. The summed E-state index contributed by atoms with van der Waals surface area (Å²) in [7, 11) is 0. The molecule has 0 radical (unpaired) electrons. The summed E-state index contributed by atoms with van der Waals surface area (Å²) in [5.74, 6) is -0.378. The highest BCUT2D eigenvalue weighted by Gasteiger charge is 2.03. The van der Waals surface area contributed by atoms with Gasteiger partial charge in [-0.2, -0.15) is 0 Å². The third-order valence-corrected chi connectivity index (χ3v) is 1.89. The monoisotopic (exact) mass is 182 g/mol. The Hall–Kier alpha value is -1.22. The van der Waals surface area contributed by atoms with Crippen LogP contribution in [0.3, 0.4) is 0 Å². The molecule has 0 N–H and O–H groups in total. The molecular weight excluding hydrogens is 179 g/mol. The molecule has 0 fully saturated rings. The number of nitrogens with zero attached hydrogens (tertiary/aromatic N) is 2. The molecular formula is C8H4ClFN2. The van der Waals surface area contributed by atoms with Gasteiger partial charge < -0.3 is 0 Å². The van der Waals surface area contributed by atoms with Gasteiger partial charge in [0.25, 0.3) is 0 Å². The zero-order chi connectivity index (χ0) is 8.55. The van der Waals surface area contributed by atoms with E-state index in [1.807, 2.05) is 0 Å². The van der Waals surface area contributed by atoms with Crippen molar-refractivity contribution in [2.24, 2.45) is 0 Å². The standard InChI is InChI=1S/C8H4ClFN2/c9-8-6-3-11-2-1-5(6)7(10)4-12-8/h1-4H. The van der Waals surface area contributed by atoms with Gasteiger partial charge in [0.05, 0.1) is 6.20 Å². The molecule has 0 aliphatic heterocycles. The molecule has 60 valence electrons. The second kappa shape index (κ2) is 2.68. The van der Waals surface area contributed by atoms with E-state index in [0.717, 1.165) is 6.20 Å². The van der Waals surface area contributed by atoms with Gasteiger partial charge in [0.2, 0.25) is 0 Å². The van der Waals surface area contributed by atoms with Crippen molar-refractivity contribution in [3.05, 3.63) is 35.6 Å². The first-order chi connectivity index (χ1) is 5.79. The Morgan fingerprint density at radius 2 is 2.08 bits per heavy atom. The van der Waals surface area contributed by atoms with Crippen LogP contribution in [0.25, 0.3) is 10.8 Å². The fourth-order valence-electron chi connectivity index (χ4n) is 1.02. The summed E-state index contributed by atoms with van der Waals surface area (Å²) >= 11 is 5.71. The molecule has 2 aromatic heterocycles. The fraction of sp³-hybridized carbons (Fsp3) is 0. The van der Waals surface area contributed by atoms with Crippen molar-refractivity contribution in [2.75, 3.05) is 0 Å². The van der Waals surface area contributed by atoms with Gasteiger partial charge in [0, 0.05) is 23.2 Å². The Balaban J connectivity index is 2.95. The van der Waals surface area contributed by atoms with Crippen LogP contribution in [0, 0.1) is 5.82 Å². The summed E-state index contributed by atoms with van der Waals surface area (Å²) in [5.41, 5.74) is 0. The van der Waals surface area contributed by atoms with Crippen molar-refractivity contribution < 1.29 is 4.39 Å². The Labute approximate surface area is 73.0 Å². The first kappa shape index (κ1) is 7.43. The summed E-state index contributed by atoms with van der Waals surface area (Å²) < 4.78 is 13.0. The summed E-state index contributed by atoms with van der Waals surface area (Å²) in [6.45, 7) is 0. The maximum absolute atomic E-state index is 13.0. The van der Waals surface area contributed by atoms with E-state index >= 15 is 0 Å². The minimum atomic E-state index is -0.378. The van der Waals surface area contributed by atoms with Crippen molar-refractivity contribution in [3.63, 3.8) is 0 Å². The van der Waals surface area contributed by atoms with E-state index in [1.54, 1.807) is 6.07 Å². The summed E-state index contributed by atoms with van der Waals surface area (Å²) in [4.78, 5) is 7.48. The predicted molar refractivity (Wildman–Crippen MR) is 44.5 cm³/mol. The average Bonchev–Trinajstić information content (AvgIpc) is 2.12. The van der Waals surface area contributed by atoms with E-state index in [9.17, 15) is 4.39 Å². The van der Waals surface area contributed by atoms with E-state index in [1.165, 1.54) is 12.4 Å². The van der Waals surface area contributed by atoms with Gasteiger partial charge >= 0.3 is 0 Å². The maximum Gasteiger partial charge on any atom is 0.149 e. The first-order valence-electron chi connectivity index (χ1n) is 3.33. The molecule has 4 heteroatoms. The lowest BCUT2D eigenvalue weighted by Crippen LogP contribution is -1.85. The third-order valence-electron chi connectivity index (χ3n) is 1.59. The van der Waals surface area contributed by atoms with E-state index in [4.69, 9.17) is 11.6 Å². The predicted octanol–water partition coefficient (Wildman–Crippen LogP) is 2.42. The number of halogens is 2. The van der Waals surface area contributed by atoms with Gasteiger partial charge in [0.1, 0.15) is 11.0 Å². The molecule has 2 rings (SSSR count). The normalized spacial score (nSPS) is 10.5. The van der Waals surface area contributed by atoms with E-state index < -0.39 is 0 Å². The van der Waals surface area contributed by atoms with Gasteiger partial charge in [-0.25, -0.2) is 9.37 Å². The maximum atomic E-state index is 13.0. The molecule has 0 unspecified atom stereocenters. The molecule has 0 aliphatic rings. The van der Waals surface area contributed by atoms with Crippen molar-refractivity contribution in [1.82, 2.24) is 9.97 Å². The van der Waals surface area contributed by atoms with E-state index in [2.05, 4.69) is 9.97 Å². The lowest BCUT2D eigenvalue weighted by atomic mass is 10.2. The second-order valence-electron chi connectivity index (χ2n) is 2.32. The number of fused-ring (bicyclic) bond motifs is 1. The molecule has 0 aromatic carbocycles. The number of pyridine rings is 2. The lowest BCUT2D eigenvalue weighted by molar-refractivity contribution is 0.634. The molecule has 0 saturated carbocycles. The minimum absolute atomic E-state index is 0.277. The Morgan fingerprint density at radius 1 is 1.25 bits per heavy atom. The molecule has 2 aromatic rings. The minimum Gasteiger partial charge on any atom is -0.264 e. The van der Waals surface area contributed by atoms with Gasteiger partial charge in [-0.1, -0.05) is 11.6 Å². The second-order valence-corrected chi connectivity index (χ2v) is 2.68. The quantitative estimate of drug-likeness (QED) is 0.585. The molecule has 0 aliphatic carbocycles. The largest absolute Gasteiger partial charge is 0.264 e. The Bertz CT molecular complexity index is 390. The number of hydrogen-bond acceptors (Lipinski definition) is 2. The molecule has 2 heterocycles. The van der Waals surface area contributed by atoms with Crippen molar-refractivity contribution in [3.8, 4) is 0 Å². The van der Waals surface area contributed by atoms with Gasteiger partial charge in [-0.3, -0.25) is 4.98 Å². The smallest absolute Gasteiger partial charge is 0.149 e. The van der Waals surface area contributed by atoms with Crippen LogP contribution < -0.4 is 0 Å². The molecule has 0 spiro atoms. The summed E-state index contributed by atoms with van der Waals surface area (Å²) in [6, 6.07) is 1.57. The van der Waals surface area contributed by atoms with Gasteiger partial charge in [-0.05, 0) is 6.07 Å². The van der Waals surface area contributed by atoms with Crippen molar-refractivity contribution in [2.45, 2.75) is 0 Å². The Kier molecular flexibility index (Phi) is 1.66. The molecule has 2 nitrogen and oxygen atoms in total. The Morgan fingerprint density at radius 3 is 2.83 bits per heavy atom. The zero-order valence-corrected chi connectivity index (χ0v) is 6.72. The highest BCUT2D eigenvalue weighted by atomic mass is 35.5. The fourth-order valence-corrected chi connectivity index (χ4v) is 1.22. The number of aromatic nitrogens is 2. The van der Waals surface area contributed by atoms with Crippen LogP contribution in [0.4, 0.5) is 4.39 Å². The topological polar surface area (TPSA) is 25.8 Å². The van der Waals surface area contributed by atoms with Crippen LogP contribution in [0.5, 0.6) is 0 Å². The molecule has 0 bridgehead atoms. The summed E-state index contributed by atoms with van der Waals surface area (Å²) in [6.07, 6.45) is 4.11. The zero-order valence-electron chi connectivity index (χ0n) is 5.96. The van der Waals surface area contributed by atoms with Crippen LogP contribution >= 0.6 is 11.6 Å². The first-order valence-corrected chi connectivity index (χ1v) is 3.70. The lowest BCUT2D eigenvalue weighted by Gasteiger charge is -1.98. The average molecular weight is 183 g/mol. The van der Waals surface area contributed by atoms with E-state index in [-0.39, 0.29) is 11.0 Å². The number of hydrogen-bond donors (Lipinski definition) is 0. The molecule has 0 atom stereocenters. The number of rotatable bonds is 0. The highest BCUT2D eigenvalue weighted by molar-refractivity contribution is 6.34.